The van der Waals surface area contributed by atoms with Crippen molar-refractivity contribution in [2.45, 2.75) is 57.4 Å². The van der Waals surface area contributed by atoms with Crippen molar-refractivity contribution in [2.24, 2.45) is 0 Å². The number of morpholine rings is 1. The van der Waals surface area contributed by atoms with Crippen LogP contribution in [0.5, 0.6) is 50.8 Å². The van der Waals surface area contributed by atoms with Crippen molar-refractivity contribution >= 4 is 143 Å². The summed E-state index contributed by atoms with van der Waals surface area (Å²) in [5, 5.41) is 8.14. The van der Waals surface area contributed by atoms with Crippen LogP contribution in [-0.2, 0) is 37.1 Å². The van der Waals surface area contributed by atoms with Crippen molar-refractivity contribution in [1.82, 2.24) is 64.3 Å². The number of H-pyrrole nitrogens is 3. The molecule has 9 aromatic carbocycles. The Morgan fingerprint density at radius 1 is 0.392 bits per heavy atom. The van der Waals surface area contributed by atoms with E-state index < -0.39 is 36.4 Å². The minimum absolute atomic E-state index is 0.395. The lowest BCUT2D eigenvalue weighted by atomic mass is 9.92. The van der Waals surface area contributed by atoms with Crippen molar-refractivity contribution in [1.29, 1.82) is 0 Å². The predicted molar refractivity (Wildman–Crippen MR) is 489 cm³/mol. The van der Waals surface area contributed by atoms with Crippen LogP contribution in [0.15, 0.2) is 225 Å². The monoisotopic (exact) mass is 1830 g/mol. The number of carbonyl (C=O) groups is 3. The Morgan fingerprint density at radius 2 is 0.720 bits per heavy atom. The van der Waals surface area contributed by atoms with E-state index in [2.05, 4.69) is 56.6 Å². The minimum atomic E-state index is -0.449. The molecule has 3 atom stereocenters. The number of piperazine rings is 1. The van der Waals surface area contributed by atoms with Gasteiger partial charge in [0.05, 0.1) is 18.9 Å². The van der Waals surface area contributed by atoms with Gasteiger partial charge in [0, 0.05) is 186 Å². The largest absolute Gasteiger partial charge is 0.437 e. The number of aromatic nitrogens is 7. The highest BCUT2D eigenvalue weighted by Gasteiger charge is 2.40. The number of carbonyl (C=O) groups excluding carboxylic acids is 3. The molecule has 5 aliphatic heterocycles. The predicted octanol–water partition coefficient (Wildman–Crippen LogP) is 22.8. The molecule has 23 nitrogen and oxygen atoms in total. The lowest BCUT2D eigenvalue weighted by Crippen LogP contribution is -2.43. The summed E-state index contributed by atoms with van der Waals surface area (Å²) in [6.07, 6.45) is 7.67. The molecule has 6 aromatic heterocycles. The topological polar surface area (TPSA) is 234 Å². The summed E-state index contributed by atoms with van der Waals surface area (Å²) in [6.45, 7) is 12.7. The van der Waals surface area contributed by atoms with Crippen LogP contribution in [0.2, 0.25) is 30.1 Å². The molecule has 3 N–H and O–H groups in total. The molecule has 636 valence electrons. The second-order valence-corrected chi connectivity index (χ2v) is 35.5. The maximum Gasteiger partial charge on any atom is 0.416 e. The Balaban J connectivity index is 0.000000128. The zero-order chi connectivity index (χ0) is 85.8. The number of thiazole rings is 2. The number of rotatable bonds is 16. The van der Waals surface area contributed by atoms with Crippen molar-refractivity contribution < 1.29 is 47.5 Å². The number of likely N-dealkylation sites (N-methyl/N-ethyl adjacent to an activating group) is 1. The number of ether oxygens (including phenoxy) is 7. The maximum absolute atomic E-state index is 13.6. The maximum atomic E-state index is 13.6. The Kier molecular flexibility index (Phi) is 25.6. The summed E-state index contributed by atoms with van der Waals surface area (Å²) in [5.41, 5.74) is 12.6. The number of fused-ring (bicyclic) bond motifs is 9. The highest BCUT2D eigenvalue weighted by atomic mass is 35.5. The van der Waals surface area contributed by atoms with Crippen LogP contribution in [0.4, 0.5) is 14.4 Å². The third-order valence-electron chi connectivity index (χ3n) is 22.6. The summed E-state index contributed by atoms with van der Waals surface area (Å²) in [7, 11) is 2.16. The summed E-state index contributed by atoms with van der Waals surface area (Å²) in [4.78, 5) is 83.5. The van der Waals surface area contributed by atoms with Crippen LogP contribution in [0.25, 0.3) is 32.7 Å². The van der Waals surface area contributed by atoms with E-state index in [9.17, 15) is 14.4 Å². The average molecular weight is 1830 g/mol. The van der Waals surface area contributed by atoms with E-state index >= 15 is 0 Å². The average Bonchev–Trinajstić information content (AvgIpc) is 1.62. The summed E-state index contributed by atoms with van der Waals surface area (Å²) in [6, 6.07) is 59.8. The number of aryl methyl sites for hydroxylation is 1. The van der Waals surface area contributed by atoms with E-state index in [0.29, 0.717) is 125 Å². The first-order valence-electron chi connectivity index (χ1n) is 40.7. The third-order valence-corrected chi connectivity index (χ3v) is 25.8. The summed E-state index contributed by atoms with van der Waals surface area (Å²) < 4.78 is 40.9. The second kappa shape index (κ2) is 37.9. The molecule has 0 bridgehead atoms. The van der Waals surface area contributed by atoms with Crippen molar-refractivity contribution in [2.75, 3.05) is 79.2 Å². The zero-order valence-electron chi connectivity index (χ0n) is 67.5. The number of benzene rings is 9. The SMILES string of the molecule is CN1CCN(Cc2cnc(Oc3ccc([C@H]4c5[nH]c6ccc(Cl)cc6c5CCN4C(=O)Oc4ccc(Cl)cc4)cc3)s2)CC1.Cc1nccnc1Oc1ccc([C@H]2c3[nH]c4ccc(Cl)cc4c3CCN2C(=O)Oc2ccc(Cl)cc2)cc1.O=C(Oc1ccc(Cl)cc1)N1CCc2c([nH]c3ccc(Cl)cc23)[C@@H]1c1ccc(Oc2ncc(CN3CCOCC3)s2)cc1. The van der Waals surface area contributed by atoms with Crippen LogP contribution in [0, 0.1) is 6.92 Å². The first-order valence-corrected chi connectivity index (χ1v) is 44.6. The van der Waals surface area contributed by atoms with Gasteiger partial charge in [-0.15, -0.1) is 0 Å². The molecular weight excluding hydrogens is 1750 g/mol. The van der Waals surface area contributed by atoms with Gasteiger partial charge in [-0.2, -0.15) is 0 Å². The molecule has 0 saturated carbocycles. The van der Waals surface area contributed by atoms with E-state index in [4.69, 9.17) is 103 Å². The Hall–Kier alpha value is -11.3. The number of nitrogens with one attached hydrogen (secondary N) is 3. The van der Waals surface area contributed by atoms with Crippen molar-refractivity contribution in [3.63, 3.8) is 0 Å². The second-order valence-electron chi connectivity index (χ2n) is 30.7. The molecule has 0 unspecified atom stereocenters. The van der Waals surface area contributed by atoms with Gasteiger partial charge in [0.1, 0.15) is 52.6 Å². The van der Waals surface area contributed by atoms with Gasteiger partial charge >= 0.3 is 18.3 Å². The Labute approximate surface area is 757 Å². The molecule has 2 fully saturated rings. The minimum Gasteiger partial charge on any atom is -0.437 e. The Morgan fingerprint density at radius 3 is 1.08 bits per heavy atom. The highest BCUT2D eigenvalue weighted by molar-refractivity contribution is 7.13. The zero-order valence-corrected chi connectivity index (χ0v) is 73.7. The van der Waals surface area contributed by atoms with E-state index in [-0.39, 0.29) is 0 Å². The molecule has 0 spiro atoms. The van der Waals surface area contributed by atoms with E-state index in [1.807, 2.05) is 147 Å². The molecule has 125 heavy (non-hydrogen) atoms. The number of halogens is 6. The molecular formula is C94H81Cl6N13O10S2. The van der Waals surface area contributed by atoms with Crippen molar-refractivity contribution in [3.8, 4) is 50.8 Å². The summed E-state index contributed by atoms with van der Waals surface area (Å²) >= 11 is 40.2. The fourth-order valence-electron chi connectivity index (χ4n) is 16.4. The van der Waals surface area contributed by atoms with E-state index in [0.717, 1.165) is 154 Å². The standard InChI is InChI=1S/C33H31Cl2N5O3S.C32H28Cl2N4O4S.C29H22Cl2N4O3/c1-38-14-16-39(17-15-38)20-26-19-36-32(44-26)42-24-7-2-21(3-8-24)31-30-27(28-18-23(35)6-11-29(28)37-30)12-13-40(31)33(41)43-25-9-4-22(34)5-10-25;33-21-3-8-24(9-4-21)42-32(39)38-12-11-26-27-17-22(34)5-10-28(27)36-29(26)30(38)20-1-6-23(7-2-20)41-31-35-18-25(43-31)19-37-13-15-40-16-14-37;1-17-28(33-14-13-32-17)37-21-7-2-18(3-8-21)27-26-23(24-16-20(31)6-11-25(24)34-26)12-15-35(27)29(36)38-22-9-4-19(30)5-10-22/h2-11,18-19,31,37H,12-17,20H2,1H3;1-10,17-18,30,36H,11-16,19H2;2-11,13-14,16,27,34H,12,15H2,1H3/t31-;30-;27-/m000/s1. The molecule has 15 aromatic rings. The van der Waals surface area contributed by atoms with E-state index in [1.165, 1.54) is 4.88 Å². The number of hydrogen-bond acceptors (Lipinski definition) is 19. The fraction of sp³-hybridized carbons (Fsp3) is 0.223. The van der Waals surface area contributed by atoms with Crippen LogP contribution in [0.1, 0.15) is 84.0 Å². The molecule has 11 heterocycles. The molecule has 3 amide bonds. The first kappa shape index (κ1) is 84.6. The lowest BCUT2D eigenvalue weighted by Gasteiger charge is -2.35. The van der Waals surface area contributed by atoms with Crippen LogP contribution < -0.4 is 28.4 Å². The van der Waals surface area contributed by atoms with Gasteiger partial charge in [0.15, 0.2) is 0 Å². The molecule has 0 radical (unpaired) electrons. The van der Waals surface area contributed by atoms with E-state index in [1.54, 1.807) is 123 Å². The van der Waals surface area contributed by atoms with Crippen LogP contribution in [0.3, 0.4) is 0 Å². The molecule has 0 aliphatic carbocycles. The van der Waals surface area contributed by atoms with Crippen LogP contribution in [-0.4, -0.2) is 162 Å². The first-order chi connectivity index (χ1) is 60.8. The van der Waals surface area contributed by atoms with Crippen LogP contribution >= 0.6 is 92.3 Å². The smallest absolute Gasteiger partial charge is 0.416 e. The van der Waals surface area contributed by atoms with Crippen molar-refractivity contribution in [3.05, 3.63) is 321 Å². The van der Waals surface area contributed by atoms with Gasteiger partial charge in [-0.3, -0.25) is 29.5 Å². The van der Waals surface area contributed by atoms with Gasteiger partial charge in [0.25, 0.3) is 10.4 Å². The fourth-order valence-corrected chi connectivity index (χ4v) is 18.9. The number of aromatic amines is 3. The quantitative estimate of drug-likeness (QED) is 0.0816. The van der Waals surface area contributed by atoms with Gasteiger partial charge in [0.2, 0.25) is 5.88 Å². The highest BCUT2D eigenvalue weighted by Crippen LogP contribution is 2.46. The molecule has 20 rings (SSSR count). The van der Waals surface area contributed by atoms with Gasteiger partial charge in [-0.1, -0.05) is 129 Å². The van der Waals surface area contributed by atoms with Gasteiger partial charge in [-0.25, -0.2) is 29.3 Å². The molecule has 5 aliphatic rings. The third kappa shape index (κ3) is 19.6. The number of nitrogens with zero attached hydrogens (tertiary/aromatic N) is 10. The number of hydrogen-bond donors (Lipinski definition) is 3. The Bertz CT molecular complexity index is 6390. The van der Waals surface area contributed by atoms with Gasteiger partial charge in [-0.05, 0) is 230 Å². The van der Waals surface area contributed by atoms with Gasteiger partial charge < -0.3 is 53.0 Å². The normalized spacial score (nSPS) is 16.6. The summed E-state index contributed by atoms with van der Waals surface area (Å²) in [5.74, 6) is 3.72. The molecule has 2 saturated heterocycles. The number of amides is 3. The lowest BCUT2D eigenvalue weighted by molar-refractivity contribution is 0.0346. The molecule has 31 heteroatoms.